The van der Waals surface area contributed by atoms with Crippen LogP contribution in [-0.4, -0.2) is 31.1 Å². The first kappa shape index (κ1) is 17.3. The lowest BCUT2D eigenvalue weighted by Gasteiger charge is -2.18. The number of amides is 2. The molecule has 4 heteroatoms. The van der Waals surface area contributed by atoms with Gasteiger partial charge in [0, 0.05) is 19.3 Å². The Morgan fingerprint density at radius 2 is 1.76 bits per heavy atom. The molecule has 1 aromatic rings. The molecule has 4 nitrogen and oxygen atoms in total. The van der Waals surface area contributed by atoms with Gasteiger partial charge in [-0.15, -0.1) is 0 Å². The van der Waals surface area contributed by atoms with Crippen LogP contribution in [0.15, 0.2) is 24.3 Å². The van der Waals surface area contributed by atoms with Crippen molar-refractivity contribution in [2.75, 3.05) is 25.5 Å². The maximum absolute atomic E-state index is 12.0. The molecule has 0 fully saturated rings. The predicted molar refractivity (Wildman–Crippen MR) is 88.0 cm³/mol. The second-order valence-corrected chi connectivity index (χ2v) is 5.29. The zero-order valence-electron chi connectivity index (χ0n) is 13.5. The predicted octanol–water partition coefficient (Wildman–Crippen LogP) is 4.52. The van der Waals surface area contributed by atoms with Gasteiger partial charge >= 0.3 is 6.03 Å². The largest absolute Gasteiger partial charge is 0.494 e. The van der Waals surface area contributed by atoms with E-state index in [1.807, 2.05) is 31.3 Å². The van der Waals surface area contributed by atoms with Crippen LogP contribution in [0.1, 0.15) is 46.0 Å². The standard InChI is InChI=1S/C17H28N2O2/c1-4-6-8-13-19(3)17(20)18-15-9-11-16(12-10-15)21-14-7-5-2/h9-12H,4-8,13-14H2,1-3H3,(H,18,20). The Balaban J connectivity index is 2.38. The van der Waals surface area contributed by atoms with E-state index in [4.69, 9.17) is 4.74 Å². The molecule has 0 aromatic heterocycles. The van der Waals surface area contributed by atoms with Crippen molar-refractivity contribution in [3.8, 4) is 5.75 Å². The van der Waals surface area contributed by atoms with Crippen LogP contribution in [0.2, 0.25) is 0 Å². The zero-order valence-corrected chi connectivity index (χ0v) is 13.5. The first-order chi connectivity index (χ1) is 10.2. The Morgan fingerprint density at radius 3 is 2.38 bits per heavy atom. The van der Waals surface area contributed by atoms with E-state index in [9.17, 15) is 4.79 Å². The molecule has 0 aliphatic rings. The molecule has 0 spiro atoms. The van der Waals surface area contributed by atoms with Gasteiger partial charge in [-0.2, -0.15) is 0 Å². The van der Waals surface area contributed by atoms with Crippen LogP contribution >= 0.6 is 0 Å². The number of benzene rings is 1. The normalized spacial score (nSPS) is 10.2. The fourth-order valence-electron chi connectivity index (χ4n) is 1.89. The Hall–Kier alpha value is -1.71. The van der Waals surface area contributed by atoms with Crippen molar-refractivity contribution in [3.63, 3.8) is 0 Å². The molecule has 0 unspecified atom stereocenters. The molecule has 1 N–H and O–H groups in total. The molecule has 0 atom stereocenters. The Kier molecular flexibility index (Phi) is 8.32. The van der Waals surface area contributed by atoms with Crippen LogP contribution in [0.3, 0.4) is 0 Å². The van der Waals surface area contributed by atoms with Gasteiger partial charge in [0.2, 0.25) is 0 Å². The number of unbranched alkanes of at least 4 members (excludes halogenated alkanes) is 3. The molecule has 0 bridgehead atoms. The van der Waals surface area contributed by atoms with Crippen LogP contribution in [0, 0.1) is 0 Å². The van der Waals surface area contributed by atoms with Crippen molar-refractivity contribution in [1.82, 2.24) is 4.90 Å². The van der Waals surface area contributed by atoms with Crippen molar-refractivity contribution >= 4 is 11.7 Å². The summed E-state index contributed by atoms with van der Waals surface area (Å²) in [6.45, 7) is 5.82. The summed E-state index contributed by atoms with van der Waals surface area (Å²) in [5, 5.41) is 2.89. The number of anilines is 1. The van der Waals surface area contributed by atoms with Crippen molar-refractivity contribution < 1.29 is 9.53 Å². The Labute approximate surface area is 128 Å². The minimum Gasteiger partial charge on any atom is -0.494 e. The lowest BCUT2D eigenvalue weighted by molar-refractivity contribution is 0.221. The van der Waals surface area contributed by atoms with Crippen LogP contribution < -0.4 is 10.1 Å². The first-order valence-corrected chi connectivity index (χ1v) is 7.92. The summed E-state index contributed by atoms with van der Waals surface area (Å²) in [5.74, 6) is 0.845. The number of nitrogens with zero attached hydrogens (tertiary/aromatic N) is 1. The van der Waals surface area contributed by atoms with Crippen molar-refractivity contribution in [2.24, 2.45) is 0 Å². The molecule has 0 saturated carbocycles. The van der Waals surface area contributed by atoms with Crippen LogP contribution in [0.4, 0.5) is 10.5 Å². The molecule has 0 heterocycles. The highest BCUT2D eigenvalue weighted by molar-refractivity contribution is 5.89. The number of urea groups is 1. The van der Waals surface area contributed by atoms with Gasteiger partial charge in [0.05, 0.1) is 6.61 Å². The molecule has 1 aromatic carbocycles. The average molecular weight is 292 g/mol. The second kappa shape index (κ2) is 10.1. The van der Waals surface area contributed by atoms with Crippen LogP contribution in [0.25, 0.3) is 0 Å². The van der Waals surface area contributed by atoms with Gasteiger partial charge in [0.25, 0.3) is 0 Å². The van der Waals surface area contributed by atoms with E-state index in [1.165, 1.54) is 0 Å². The monoisotopic (exact) mass is 292 g/mol. The van der Waals surface area contributed by atoms with Crippen LogP contribution in [0.5, 0.6) is 5.75 Å². The van der Waals surface area contributed by atoms with E-state index in [-0.39, 0.29) is 6.03 Å². The smallest absolute Gasteiger partial charge is 0.321 e. The highest BCUT2D eigenvalue weighted by Crippen LogP contribution is 2.16. The number of nitrogens with one attached hydrogen (secondary N) is 1. The molecule has 1 rings (SSSR count). The van der Waals surface area contributed by atoms with E-state index >= 15 is 0 Å². The molecule has 0 aliphatic carbocycles. The minimum atomic E-state index is -0.0641. The first-order valence-electron chi connectivity index (χ1n) is 7.92. The highest BCUT2D eigenvalue weighted by atomic mass is 16.5. The SMILES string of the molecule is CCCCCN(C)C(=O)Nc1ccc(OCCCC)cc1. The highest BCUT2D eigenvalue weighted by Gasteiger charge is 2.08. The number of ether oxygens (including phenoxy) is 1. The third-order valence-corrected chi connectivity index (χ3v) is 3.32. The molecule has 0 aliphatic heterocycles. The molecule has 118 valence electrons. The van der Waals surface area contributed by atoms with E-state index in [1.54, 1.807) is 4.90 Å². The lowest BCUT2D eigenvalue weighted by Crippen LogP contribution is -2.32. The molecule has 0 saturated heterocycles. The van der Waals surface area contributed by atoms with Crippen molar-refractivity contribution in [2.45, 2.75) is 46.0 Å². The molecule has 2 amide bonds. The van der Waals surface area contributed by atoms with Gasteiger partial charge in [-0.05, 0) is 37.1 Å². The third-order valence-electron chi connectivity index (χ3n) is 3.32. The van der Waals surface area contributed by atoms with Gasteiger partial charge in [-0.25, -0.2) is 4.79 Å². The number of rotatable bonds is 9. The van der Waals surface area contributed by atoms with E-state index in [2.05, 4.69) is 19.2 Å². The zero-order chi connectivity index (χ0) is 15.5. The van der Waals surface area contributed by atoms with Gasteiger partial charge in [-0.1, -0.05) is 33.1 Å². The van der Waals surface area contributed by atoms with Crippen LogP contribution in [-0.2, 0) is 0 Å². The lowest BCUT2D eigenvalue weighted by atomic mass is 10.2. The Morgan fingerprint density at radius 1 is 1.10 bits per heavy atom. The number of hydrogen-bond donors (Lipinski definition) is 1. The molecular weight excluding hydrogens is 264 g/mol. The van der Waals surface area contributed by atoms with Crippen molar-refractivity contribution in [3.05, 3.63) is 24.3 Å². The second-order valence-electron chi connectivity index (χ2n) is 5.29. The summed E-state index contributed by atoms with van der Waals surface area (Å²) in [5.41, 5.74) is 0.796. The summed E-state index contributed by atoms with van der Waals surface area (Å²) < 4.78 is 5.60. The molecule has 0 radical (unpaired) electrons. The van der Waals surface area contributed by atoms with E-state index in [0.29, 0.717) is 0 Å². The summed E-state index contributed by atoms with van der Waals surface area (Å²) in [6.07, 6.45) is 5.54. The summed E-state index contributed by atoms with van der Waals surface area (Å²) in [4.78, 5) is 13.7. The van der Waals surface area contributed by atoms with E-state index in [0.717, 1.165) is 56.7 Å². The number of carbonyl (C=O) groups excluding carboxylic acids is 1. The maximum atomic E-state index is 12.0. The molecule has 21 heavy (non-hydrogen) atoms. The topological polar surface area (TPSA) is 41.6 Å². The van der Waals surface area contributed by atoms with Gasteiger partial charge in [0.1, 0.15) is 5.75 Å². The number of carbonyl (C=O) groups is 1. The Bertz CT molecular complexity index is 404. The quantitative estimate of drug-likeness (QED) is 0.680. The summed E-state index contributed by atoms with van der Waals surface area (Å²) in [7, 11) is 1.83. The van der Waals surface area contributed by atoms with Gasteiger partial charge in [-0.3, -0.25) is 0 Å². The average Bonchev–Trinajstić information content (AvgIpc) is 2.49. The number of hydrogen-bond acceptors (Lipinski definition) is 2. The summed E-state index contributed by atoms with van der Waals surface area (Å²) in [6, 6.07) is 7.47. The fourth-order valence-corrected chi connectivity index (χ4v) is 1.89. The fraction of sp³-hybridized carbons (Fsp3) is 0.588. The molecular formula is C17H28N2O2. The van der Waals surface area contributed by atoms with Gasteiger partial charge in [0.15, 0.2) is 0 Å². The maximum Gasteiger partial charge on any atom is 0.321 e. The van der Waals surface area contributed by atoms with Gasteiger partial charge < -0.3 is 15.0 Å². The third kappa shape index (κ3) is 7.02. The minimum absolute atomic E-state index is 0.0641. The summed E-state index contributed by atoms with van der Waals surface area (Å²) >= 11 is 0. The van der Waals surface area contributed by atoms with Crippen molar-refractivity contribution in [1.29, 1.82) is 0 Å². The van der Waals surface area contributed by atoms with E-state index < -0.39 is 0 Å².